The van der Waals surface area contributed by atoms with E-state index >= 15 is 0 Å². The third-order valence-electron chi connectivity index (χ3n) is 3.84. The van der Waals surface area contributed by atoms with E-state index in [0.717, 1.165) is 18.4 Å². The van der Waals surface area contributed by atoms with Crippen LogP contribution in [-0.2, 0) is 10.0 Å². The maximum atomic E-state index is 13.7. The van der Waals surface area contributed by atoms with Crippen LogP contribution >= 0.6 is 11.6 Å². The van der Waals surface area contributed by atoms with Gasteiger partial charge in [0.25, 0.3) is 5.91 Å². The summed E-state index contributed by atoms with van der Waals surface area (Å²) < 4.78 is 49.5. The summed E-state index contributed by atoms with van der Waals surface area (Å²) in [5.74, 6) is -0.763. The van der Waals surface area contributed by atoms with Crippen LogP contribution in [-0.4, -0.2) is 32.7 Å². The number of hydrogen-bond donors (Lipinski definition) is 1. The van der Waals surface area contributed by atoms with Gasteiger partial charge in [-0.15, -0.1) is 0 Å². The number of sulfonamides is 1. The molecule has 0 unspecified atom stereocenters. The van der Waals surface area contributed by atoms with E-state index in [1.807, 2.05) is 4.72 Å². The molecular formula is C20H16ClFN2O5S. The normalized spacial score (nSPS) is 11.1. The van der Waals surface area contributed by atoms with Gasteiger partial charge in [0.05, 0.1) is 13.4 Å². The molecule has 1 amide bonds. The van der Waals surface area contributed by atoms with E-state index in [9.17, 15) is 17.6 Å². The van der Waals surface area contributed by atoms with Crippen molar-refractivity contribution in [1.29, 1.82) is 0 Å². The summed E-state index contributed by atoms with van der Waals surface area (Å²) in [6.07, 6.45) is 2.40. The number of benzene rings is 2. The van der Waals surface area contributed by atoms with Crippen molar-refractivity contribution in [3.63, 3.8) is 0 Å². The van der Waals surface area contributed by atoms with E-state index in [1.54, 1.807) is 12.1 Å². The van der Waals surface area contributed by atoms with Crippen LogP contribution in [0.3, 0.4) is 0 Å². The second-order valence-electron chi connectivity index (χ2n) is 6.18. The lowest BCUT2D eigenvalue weighted by atomic mass is 10.0. The topological polar surface area (TPSA) is 94.6 Å². The number of halogens is 2. The molecule has 0 aliphatic rings. The molecule has 2 aromatic carbocycles. The van der Waals surface area contributed by atoms with Crippen molar-refractivity contribution >= 4 is 27.5 Å². The van der Waals surface area contributed by atoms with Crippen LogP contribution in [0.25, 0.3) is 11.1 Å². The zero-order valence-corrected chi connectivity index (χ0v) is 17.4. The van der Waals surface area contributed by atoms with Crippen LogP contribution < -0.4 is 14.2 Å². The maximum Gasteiger partial charge on any atom is 0.264 e. The number of hydrogen-bond acceptors (Lipinski definition) is 6. The molecule has 0 fully saturated rings. The fourth-order valence-electron chi connectivity index (χ4n) is 2.67. The SMILES string of the molecule is COc1ncccc1-c1cc(C(=O)NS(C)(=O)=O)ccc1Oc1cc(F)cc(Cl)c1. The molecule has 0 radical (unpaired) electrons. The molecule has 1 aromatic heterocycles. The highest BCUT2D eigenvalue weighted by Gasteiger charge is 2.18. The number of methoxy groups -OCH3 is 1. The maximum absolute atomic E-state index is 13.7. The molecule has 10 heteroatoms. The van der Waals surface area contributed by atoms with Gasteiger partial charge in [0.15, 0.2) is 0 Å². The molecule has 0 saturated heterocycles. The monoisotopic (exact) mass is 450 g/mol. The fourth-order valence-corrected chi connectivity index (χ4v) is 3.34. The lowest BCUT2D eigenvalue weighted by Gasteiger charge is -2.15. The van der Waals surface area contributed by atoms with Gasteiger partial charge < -0.3 is 9.47 Å². The number of pyridine rings is 1. The van der Waals surface area contributed by atoms with Crippen LogP contribution in [0.5, 0.6) is 17.4 Å². The van der Waals surface area contributed by atoms with Crippen molar-refractivity contribution < 1.29 is 27.1 Å². The summed E-state index contributed by atoms with van der Waals surface area (Å²) in [5, 5.41) is 0.148. The Labute approximate surface area is 177 Å². The number of nitrogens with zero attached hydrogens (tertiary/aromatic N) is 1. The number of ether oxygens (including phenoxy) is 2. The van der Waals surface area contributed by atoms with Crippen molar-refractivity contribution in [2.24, 2.45) is 0 Å². The molecule has 3 aromatic rings. The van der Waals surface area contributed by atoms with E-state index in [4.69, 9.17) is 21.1 Å². The van der Waals surface area contributed by atoms with Gasteiger partial charge in [-0.05, 0) is 42.5 Å². The Morgan fingerprint density at radius 1 is 1.13 bits per heavy atom. The first-order valence-electron chi connectivity index (χ1n) is 8.46. The molecular weight excluding hydrogens is 435 g/mol. The van der Waals surface area contributed by atoms with Crippen molar-refractivity contribution in [2.75, 3.05) is 13.4 Å². The highest BCUT2D eigenvalue weighted by atomic mass is 35.5. The van der Waals surface area contributed by atoms with Crippen molar-refractivity contribution in [2.45, 2.75) is 0 Å². The summed E-state index contributed by atoms with van der Waals surface area (Å²) in [6, 6.07) is 11.3. The lowest BCUT2D eigenvalue weighted by molar-refractivity contribution is 0.0981. The molecule has 0 aliphatic heterocycles. The smallest absolute Gasteiger partial charge is 0.264 e. The highest BCUT2D eigenvalue weighted by molar-refractivity contribution is 7.89. The van der Waals surface area contributed by atoms with Crippen LogP contribution in [0.1, 0.15) is 10.4 Å². The van der Waals surface area contributed by atoms with Crippen LogP contribution in [0.2, 0.25) is 5.02 Å². The standard InChI is InChI=1S/C20H16ClFN2O5S/c1-28-20-16(4-3-7-23-20)17-8-12(19(25)24-30(2,26)27)5-6-18(17)29-15-10-13(21)9-14(22)11-15/h3-11H,1-2H3,(H,24,25). The van der Waals surface area contributed by atoms with Gasteiger partial charge >= 0.3 is 0 Å². The van der Waals surface area contributed by atoms with Gasteiger partial charge in [0.1, 0.15) is 17.3 Å². The summed E-state index contributed by atoms with van der Waals surface area (Å²) >= 11 is 5.89. The molecule has 1 N–H and O–H groups in total. The molecule has 1 heterocycles. The van der Waals surface area contributed by atoms with Crippen LogP contribution in [0, 0.1) is 5.82 Å². The molecule has 3 rings (SSSR count). The van der Waals surface area contributed by atoms with E-state index in [2.05, 4.69) is 4.98 Å². The molecule has 0 atom stereocenters. The Morgan fingerprint density at radius 2 is 1.90 bits per heavy atom. The zero-order valence-electron chi connectivity index (χ0n) is 15.8. The summed E-state index contributed by atoms with van der Waals surface area (Å²) in [7, 11) is -2.32. The van der Waals surface area contributed by atoms with E-state index < -0.39 is 21.7 Å². The van der Waals surface area contributed by atoms with E-state index in [0.29, 0.717) is 11.1 Å². The fraction of sp³-hybridized carbons (Fsp3) is 0.100. The lowest BCUT2D eigenvalue weighted by Crippen LogP contribution is -2.29. The minimum absolute atomic E-state index is 0.0611. The predicted octanol–water partition coefficient (Wildman–Crippen LogP) is 4.03. The average Bonchev–Trinajstić information content (AvgIpc) is 2.66. The molecule has 0 aliphatic carbocycles. The first-order chi connectivity index (χ1) is 14.2. The van der Waals surface area contributed by atoms with E-state index in [-0.39, 0.29) is 28.0 Å². The number of carbonyl (C=O) groups is 1. The largest absolute Gasteiger partial charge is 0.481 e. The second-order valence-corrected chi connectivity index (χ2v) is 8.37. The molecule has 0 bridgehead atoms. The van der Waals surface area contributed by atoms with Crippen LogP contribution in [0.4, 0.5) is 4.39 Å². The van der Waals surface area contributed by atoms with Gasteiger partial charge in [-0.2, -0.15) is 0 Å². The highest BCUT2D eigenvalue weighted by Crippen LogP contribution is 2.38. The number of carbonyl (C=O) groups excluding carboxylic acids is 1. The quantitative estimate of drug-likeness (QED) is 0.609. The summed E-state index contributed by atoms with van der Waals surface area (Å²) in [4.78, 5) is 16.4. The van der Waals surface area contributed by atoms with Gasteiger partial charge in [0.2, 0.25) is 15.9 Å². The molecule has 0 spiro atoms. The minimum atomic E-state index is -3.75. The first kappa shape index (κ1) is 21.5. The Bertz CT molecular complexity index is 1200. The molecule has 30 heavy (non-hydrogen) atoms. The predicted molar refractivity (Wildman–Crippen MR) is 110 cm³/mol. The van der Waals surface area contributed by atoms with Crippen LogP contribution in [0.15, 0.2) is 54.7 Å². The number of rotatable bonds is 6. The third kappa shape index (κ3) is 5.25. The molecule has 0 saturated carbocycles. The molecule has 156 valence electrons. The Balaban J connectivity index is 2.12. The van der Waals surface area contributed by atoms with E-state index in [1.165, 1.54) is 37.6 Å². The van der Waals surface area contributed by atoms with Gasteiger partial charge in [0, 0.05) is 34.0 Å². The number of nitrogens with one attached hydrogen (secondary N) is 1. The van der Waals surface area contributed by atoms with Crippen molar-refractivity contribution in [3.05, 3.63) is 71.1 Å². The van der Waals surface area contributed by atoms with Gasteiger partial charge in [-0.1, -0.05) is 11.6 Å². The van der Waals surface area contributed by atoms with Crippen molar-refractivity contribution in [1.82, 2.24) is 9.71 Å². The minimum Gasteiger partial charge on any atom is -0.481 e. The Hall–Kier alpha value is -3.17. The van der Waals surface area contributed by atoms with Gasteiger partial charge in [-0.3, -0.25) is 4.79 Å². The Morgan fingerprint density at radius 3 is 2.57 bits per heavy atom. The third-order valence-corrected chi connectivity index (χ3v) is 4.61. The number of aromatic nitrogens is 1. The second kappa shape index (κ2) is 8.68. The first-order valence-corrected chi connectivity index (χ1v) is 10.7. The molecule has 7 nitrogen and oxygen atoms in total. The zero-order chi connectivity index (χ0) is 21.9. The average molecular weight is 451 g/mol. The van der Waals surface area contributed by atoms with Gasteiger partial charge in [-0.25, -0.2) is 22.5 Å². The summed E-state index contributed by atoms with van der Waals surface area (Å²) in [6.45, 7) is 0. The Kier molecular flexibility index (Phi) is 6.23. The number of amides is 1. The summed E-state index contributed by atoms with van der Waals surface area (Å²) in [5.41, 5.74) is 0.916. The van der Waals surface area contributed by atoms with Crippen molar-refractivity contribution in [3.8, 4) is 28.5 Å².